The molecule has 5 atom stereocenters. The predicted molar refractivity (Wildman–Crippen MR) is 65.5 cm³/mol. The lowest BCUT2D eigenvalue weighted by atomic mass is 9.98. The average Bonchev–Trinajstić information content (AvgIpc) is 2.42. The van der Waals surface area contributed by atoms with Crippen molar-refractivity contribution in [2.45, 2.75) is 30.6 Å². The fourth-order valence-electron chi connectivity index (χ4n) is 1.94. The number of nitrogens with one attached hydrogen (secondary N) is 1. The molecule has 0 bridgehead atoms. The first kappa shape index (κ1) is 14.0. The topological polar surface area (TPSA) is 122 Å². The van der Waals surface area contributed by atoms with Gasteiger partial charge in [0.25, 0.3) is 0 Å². The van der Waals surface area contributed by atoms with Crippen molar-refractivity contribution in [3.05, 3.63) is 24.3 Å². The van der Waals surface area contributed by atoms with E-state index >= 15 is 0 Å². The first-order chi connectivity index (χ1) is 9.02. The number of phenolic OH excluding ortho intramolecular Hbond substituents is 1. The van der Waals surface area contributed by atoms with Crippen LogP contribution in [-0.2, 0) is 4.74 Å². The second-order valence-electron chi connectivity index (χ2n) is 4.44. The summed E-state index contributed by atoms with van der Waals surface area (Å²) >= 11 is 0. The maximum absolute atomic E-state index is 9.81. The van der Waals surface area contributed by atoms with Crippen molar-refractivity contribution in [1.82, 2.24) is 0 Å². The van der Waals surface area contributed by atoms with Gasteiger partial charge in [-0.1, -0.05) is 0 Å². The predicted octanol–water partition coefficient (Wildman–Crippen LogP) is -1.40. The van der Waals surface area contributed by atoms with Gasteiger partial charge in [0.05, 0.1) is 6.61 Å². The molecule has 0 radical (unpaired) electrons. The fourth-order valence-corrected chi connectivity index (χ4v) is 1.94. The van der Waals surface area contributed by atoms with Crippen molar-refractivity contribution in [2.75, 3.05) is 11.9 Å². The molecule has 1 aliphatic rings. The first-order valence-electron chi connectivity index (χ1n) is 5.89. The molecule has 1 heterocycles. The summed E-state index contributed by atoms with van der Waals surface area (Å²) in [6, 6.07) is 6.03. The molecule has 1 fully saturated rings. The van der Waals surface area contributed by atoms with Crippen LogP contribution in [0.1, 0.15) is 0 Å². The first-order valence-corrected chi connectivity index (χ1v) is 5.89. The smallest absolute Gasteiger partial charge is 0.157 e. The van der Waals surface area contributed by atoms with Gasteiger partial charge in [0.15, 0.2) is 6.23 Å². The van der Waals surface area contributed by atoms with Gasteiger partial charge in [-0.05, 0) is 24.3 Å². The van der Waals surface area contributed by atoms with Gasteiger partial charge >= 0.3 is 0 Å². The number of aromatic hydroxyl groups is 1. The lowest BCUT2D eigenvalue weighted by Crippen LogP contribution is -2.60. The summed E-state index contributed by atoms with van der Waals surface area (Å²) in [5.74, 6) is 0.0966. The van der Waals surface area contributed by atoms with Crippen molar-refractivity contribution in [1.29, 1.82) is 0 Å². The minimum atomic E-state index is -1.42. The molecule has 7 heteroatoms. The highest BCUT2D eigenvalue weighted by atomic mass is 16.6. The molecule has 0 aromatic heterocycles. The SMILES string of the molecule is OC[C@H]1OC(Nc2ccc(O)cc2)[C@H](O)[C@@H](O)[C@@H]1O. The van der Waals surface area contributed by atoms with Gasteiger partial charge < -0.3 is 35.6 Å². The van der Waals surface area contributed by atoms with E-state index < -0.39 is 37.3 Å². The Morgan fingerprint density at radius 2 is 1.63 bits per heavy atom. The second-order valence-corrected chi connectivity index (χ2v) is 4.44. The summed E-state index contributed by atoms with van der Waals surface area (Å²) in [6.45, 7) is -0.474. The summed E-state index contributed by atoms with van der Waals surface area (Å²) in [4.78, 5) is 0. The van der Waals surface area contributed by atoms with E-state index in [0.29, 0.717) is 5.69 Å². The van der Waals surface area contributed by atoms with Crippen molar-refractivity contribution < 1.29 is 30.3 Å². The number of anilines is 1. The van der Waals surface area contributed by atoms with Crippen LogP contribution in [0.5, 0.6) is 5.75 Å². The van der Waals surface area contributed by atoms with Crippen LogP contribution in [0.4, 0.5) is 5.69 Å². The zero-order valence-electron chi connectivity index (χ0n) is 10.0. The number of phenols is 1. The van der Waals surface area contributed by atoms with E-state index in [1.165, 1.54) is 12.1 Å². The Labute approximate surface area is 109 Å². The summed E-state index contributed by atoms with van der Waals surface area (Å²) in [7, 11) is 0. The van der Waals surface area contributed by atoms with Crippen molar-refractivity contribution in [3.8, 4) is 5.75 Å². The van der Waals surface area contributed by atoms with Gasteiger partial charge in [-0.15, -0.1) is 0 Å². The monoisotopic (exact) mass is 271 g/mol. The van der Waals surface area contributed by atoms with Crippen LogP contribution in [0.25, 0.3) is 0 Å². The zero-order chi connectivity index (χ0) is 14.0. The fraction of sp³-hybridized carbons (Fsp3) is 0.500. The molecule has 1 aliphatic heterocycles. The van der Waals surface area contributed by atoms with Crippen LogP contribution in [0, 0.1) is 0 Å². The molecule has 7 nitrogen and oxygen atoms in total. The number of aliphatic hydroxyl groups excluding tert-OH is 4. The Bertz CT molecular complexity index is 409. The van der Waals surface area contributed by atoms with Crippen LogP contribution in [0.15, 0.2) is 24.3 Å². The van der Waals surface area contributed by atoms with E-state index in [2.05, 4.69) is 5.32 Å². The number of rotatable bonds is 3. The molecule has 1 aromatic rings. The number of hydrogen-bond acceptors (Lipinski definition) is 7. The van der Waals surface area contributed by atoms with Crippen molar-refractivity contribution >= 4 is 5.69 Å². The largest absolute Gasteiger partial charge is 0.508 e. The third kappa shape index (κ3) is 2.96. The van der Waals surface area contributed by atoms with Gasteiger partial charge in [-0.2, -0.15) is 0 Å². The lowest BCUT2D eigenvalue weighted by molar-refractivity contribution is -0.221. The zero-order valence-corrected chi connectivity index (χ0v) is 10.0. The number of hydrogen-bond donors (Lipinski definition) is 6. The third-order valence-corrected chi connectivity index (χ3v) is 3.07. The lowest BCUT2D eigenvalue weighted by Gasteiger charge is -2.40. The molecule has 0 spiro atoms. The molecule has 0 saturated carbocycles. The number of benzene rings is 1. The molecule has 2 rings (SSSR count). The van der Waals surface area contributed by atoms with Crippen LogP contribution in [0.2, 0.25) is 0 Å². The normalized spacial score (nSPS) is 35.1. The Hall–Kier alpha value is -1.38. The van der Waals surface area contributed by atoms with Gasteiger partial charge in [0.1, 0.15) is 30.2 Å². The molecule has 0 amide bonds. The Balaban J connectivity index is 2.08. The maximum atomic E-state index is 9.81. The summed E-state index contributed by atoms with van der Waals surface area (Å²) in [6.07, 6.45) is -6.06. The van der Waals surface area contributed by atoms with Crippen LogP contribution >= 0.6 is 0 Å². The molecule has 1 saturated heterocycles. The quantitative estimate of drug-likeness (QED) is 0.374. The highest BCUT2D eigenvalue weighted by molar-refractivity contribution is 5.46. The van der Waals surface area contributed by atoms with Crippen LogP contribution < -0.4 is 5.32 Å². The standard InChI is InChI=1S/C12H17NO6/c14-5-8-9(16)10(17)11(18)12(19-8)13-6-1-3-7(15)4-2-6/h1-4,8-18H,5H2/t8-,9-,10+,11-,12?/m1/s1. The van der Waals surface area contributed by atoms with Crippen LogP contribution in [-0.4, -0.2) is 62.8 Å². The van der Waals surface area contributed by atoms with E-state index in [-0.39, 0.29) is 5.75 Å². The molecule has 106 valence electrons. The van der Waals surface area contributed by atoms with E-state index in [1.807, 2.05) is 0 Å². The van der Waals surface area contributed by atoms with Gasteiger partial charge in [0, 0.05) is 5.69 Å². The van der Waals surface area contributed by atoms with Crippen LogP contribution in [0.3, 0.4) is 0 Å². The van der Waals surface area contributed by atoms with Crippen molar-refractivity contribution in [2.24, 2.45) is 0 Å². The Morgan fingerprint density at radius 1 is 1.00 bits per heavy atom. The van der Waals surface area contributed by atoms with Gasteiger partial charge in [-0.3, -0.25) is 0 Å². The summed E-state index contributed by atoms with van der Waals surface area (Å²) < 4.78 is 5.28. The van der Waals surface area contributed by atoms with Gasteiger partial charge in [0.2, 0.25) is 0 Å². The van der Waals surface area contributed by atoms with E-state index in [0.717, 1.165) is 0 Å². The molecular weight excluding hydrogens is 254 g/mol. The van der Waals surface area contributed by atoms with E-state index in [4.69, 9.17) is 14.9 Å². The average molecular weight is 271 g/mol. The van der Waals surface area contributed by atoms with Gasteiger partial charge in [-0.25, -0.2) is 0 Å². The minimum Gasteiger partial charge on any atom is -0.508 e. The number of aliphatic hydroxyl groups is 4. The third-order valence-electron chi connectivity index (χ3n) is 3.07. The molecule has 19 heavy (non-hydrogen) atoms. The Morgan fingerprint density at radius 3 is 2.21 bits per heavy atom. The highest BCUT2D eigenvalue weighted by Crippen LogP contribution is 2.23. The Kier molecular flexibility index (Phi) is 4.23. The maximum Gasteiger partial charge on any atom is 0.157 e. The molecular formula is C12H17NO6. The number of ether oxygens (including phenoxy) is 1. The minimum absolute atomic E-state index is 0.0966. The van der Waals surface area contributed by atoms with Crippen molar-refractivity contribution in [3.63, 3.8) is 0 Å². The summed E-state index contributed by atoms with van der Waals surface area (Å²) in [5.41, 5.74) is 0.558. The molecule has 0 aliphatic carbocycles. The molecule has 1 unspecified atom stereocenters. The van der Waals surface area contributed by atoms with E-state index in [1.54, 1.807) is 12.1 Å². The highest BCUT2D eigenvalue weighted by Gasteiger charge is 2.43. The molecule has 1 aromatic carbocycles. The molecule has 6 N–H and O–H groups in total. The second kappa shape index (κ2) is 5.72. The van der Waals surface area contributed by atoms with E-state index in [9.17, 15) is 15.3 Å². The summed E-state index contributed by atoms with van der Waals surface area (Å²) in [5, 5.41) is 50.1.